The lowest BCUT2D eigenvalue weighted by Crippen LogP contribution is -2.13. The quantitative estimate of drug-likeness (QED) is 0.0203. The van der Waals surface area contributed by atoms with Gasteiger partial charge in [-0.2, -0.15) is 0 Å². The lowest BCUT2D eigenvalue weighted by molar-refractivity contribution is 0.0483. The summed E-state index contributed by atoms with van der Waals surface area (Å²) in [5.41, 5.74) is 6.13. The summed E-state index contributed by atoms with van der Waals surface area (Å²) in [6, 6.07) is 36.7. The first-order chi connectivity index (χ1) is 51.0. The molecule has 8 aromatic rings. The largest absolute Gasteiger partial charge is 0.493 e. The molecule has 12 heteroatoms. The minimum atomic E-state index is -0.501. The second-order valence-electron chi connectivity index (χ2n) is 28.4. The van der Waals surface area contributed by atoms with Crippen LogP contribution in [-0.2, 0) is 18.9 Å². The van der Waals surface area contributed by atoms with E-state index in [1.807, 2.05) is 36.4 Å². The average molecular weight is 1420 g/mol. The van der Waals surface area contributed by atoms with E-state index in [-0.39, 0.29) is 24.3 Å². The van der Waals surface area contributed by atoms with Crippen LogP contribution in [0.3, 0.4) is 0 Å². The molecule has 0 aromatic heterocycles. The van der Waals surface area contributed by atoms with E-state index in [1.54, 1.807) is 0 Å². The molecule has 0 aliphatic rings. The van der Waals surface area contributed by atoms with Crippen LogP contribution in [0.25, 0.3) is 76.5 Å². The van der Waals surface area contributed by atoms with Gasteiger partial charge in [0.05, 0.1) is 52.9 Å². The highest BCUT2D eigenvalue weighted by atomic mass is 16.6. The van der Waals surface area contributed by atoms with Gasteiger partial charge >= 0.3 is 23.9 Å². The van der Waals surface area contributed by atoms with Crippen LogP contribution in [0.4, 0.5) is 0 Å². The summed E-state index contributed by atoms with van der Waals surface area (Å²) in [4.78, 5) is 58.8. The number of carbonyl (C=O) groups is 4. The Bertz CT molecular complexity index is 3740. The second-order valence-corrected chi connectivity index (χ2v) is 28.4. The molecule has 0 unspecified atom stereocenters. The van der Waals surface area contributed by atoms with Gasteiger partial charge in [-0.05, 0) is 177 Å². The molecule has 0 fully saturated rings. The van der Waals surface area contributed by atoms with Crippen LogP contribution in [-0.4, -0.2) is 76.7 Å². The lowest BCUT2D eigenvalue weighted by Gasteiger charge is -2.24. The SMILES string of the molecule is CCCCCCOC(=O)c1cc2cc(-c3ccc4c(-c5c(OCCCCCC)c(C(=O)OCCCCCC)cc6cc(-c7ccc8cc(OCCCCCC)c(C(=O)OCCCCCC)cc8c7)ccc56)c(OCCCCCC)c(C(=O)OCCCCCC)cc4c3)ccc2cc1OCCCCCC. The number of unbranched alkanes of at least 4 members (excludes halogenated alkanes) is 24. The molecule has 0 saturated carbocycles. The molecule has 8 aromatic carbocycles. The summed E-state index contributed by atoms with van der Waals surface area (Å²) in [6.07, 6.45) is 31.2. The van der Waals surface area contributed by atoms with Crippen molar-refractivity contribution in [1.29, 1.82) is 0 Å². The van der Waals surface area contributed by atoms with Crippen LogP contribution in [0.1, 0.15) is 302 Å². The Hall–Kier alpha value is -8.12. The third-order valence-corrected chi connectivity index (χ3v) is 19.8. The van der Waals surface area contributed by atoms with Gasteiger partial charge in [-0.25, -0.2) is 19.2 Å². The summed E-state index contributed by atoms with van der Waals surface area (Å²) in [6.45, 7) is 20.2. The molecule has 0 atom stereocenters. The predicted octanol–water partition coefficient (Wildman–Crippen LogP) is 26.1. The van der Waals surface area contributed by atoms with Crippen molar-refractivity contribution in [3.8, 4) is 56.4 Å². The molecule has 0 bridgehead atoms. The Labute approximate surface area is 622 Å². The van der Waals surface area contributed by atoms with Gasteiger partial charge in [0.1, 0.15) is 45.3 Å². The van der Waals surface area contributed by atoms with Crippen LogP contribution in [0.2, 0.25) is 0 Å². The van der Waals surface area contributed by atoms with Gasteiger partial charge in [-0.1, -0.05) is 258 Å². The van der Waals surface area contributed by atoms with Gasteiger partial charge in [0, 0.05) is 11.1 Å². The minimum absolute atomic E-state index is 0.240. The first-order valence-corrected chi connectivity index (χ1v) is 40.6. The number of esters is 4. The number of carbonyl (C=O) groups excluding carboxylic acids is 4. The first kappa shape index (κ1) is 81.5. The fourth-order valence-corrected chi connectivity index (χ4v) is 13.6. The van der Waals surface area contributed by atoms with Crippen LogP contribution in [0.5, 0.6) is 23.0 Å². The Morgan fingerprint density at radius 3 is 0.779 bits per heavy atom. The standard InChI is InChI=1S/C92H122O12/c1-9-17-25-33-49-97-83-65-71-43-41-67(57-73(71)61-79(83)89(93)101-53-37-29-21-13-5)69-45-47-77-75(59-69)63-81(91(95)103-55-39-31-23-15-7)87(99-51-35-27-19-11-3)85(77)86-78-48-46-70(60-76(78)64-82(88(86)100-52-36-28-20-12-4)92(96)104-56-40-32-24-16-8)68-42-44-72-66-84(98-50-34-26-18-10-2)80(62-74(72)58-68)90(94)102-54-38-30-22-14-6/h41-48,57-66H,9-40,49-56H2,1-8H3. The van der Waals surface area contributed by atoms with E-state index in [9.17, 15) is 9.59 Å². The molecule has 8 rings (SSSR count). The minimum Gasteiger partial charge on any atom is -0.493 e. The highest BCUT2D eigenvalue weighted by molar-refractivity contribution is 6.17. The zero-order valence-electron chi connectivity index (χ0n) is 64.6. The molecule has 0 spiro atoms. The summed E-state index contributed by atoms with van der Waals surface area (Å²) in [5.74, 6) is -0.0346. The summed E-state index contributed by atoms with van der Waals surface area (Å²) < 4.78 is 51.7. The molecule has 104 heavy (non-hydrogen) atoms. The molecule has 12 nitrogen and oxygen atoms in total. The maximum absolute atomic E-state index is 15.3. The summed E-state index contributed by atoms with van der Waals surface area (Å²) >= 11 is 0. The van der Waals surface area contributed by atoms with Crippen molar-refractivity contribution < 1.29 is 57.1 Å². The number of hydrogen-bond donors (Lipinski definition) is 0. The number of ether oxygens (including phenoxy) is 8. The molecule has 0 amide bonds. The third kappa shape index (κ3) is 24.0. The lowest BCUT2D eigenvalue weighted by atomic mass is 9.86. The second kappa shape index (κ2) is 45.3. The van der Waals surface area contributed by atoms with Crippen molar-refractivity contribution >= 4 is 67.0 Å². The topological polar surface area (TPSA) is 142 Å². The van der Waals surface area contributed by atoms with Crippen molar-refractivity contribution in [3.05, 3.63) is 131 Å². The molecule has 0 saturated heterocycles. The van der Waals surface area contributed by atoms with Crippen LogP contribution in [0, 0.1) is 0 Å². The van der Waals surface area contributed by atoms with Crippen molar-refractivity contribution in [1.82, 2.24) is 0 Å². The molecule has 0 aliphatic heterocycles. The fourth-order valence-electron chi connectivity index (χ4n) is 13.6. The van der Waals surface area contributed by atoms with Crippen molar-refractivity contribution in [2.45, 2.75) is 261 Å². The number of hydrogen-bond acceptors (Lipinski definition) is 12. The highest BCUT2D eigenvalue weighted by Crippen LogP contribution is 2.51. The van der Waals surface area contributed by atoms with E-state index in [0.29, 0.717) is 97.7 Å². The van der Waals surface area contributed by atoms with Gasteiger partial charge in [-0.3, -0.25) is 0 Å². The molecule has 0 heterocycles. The average Bonchev–Trinajstić information content (AvgIpc) is 0.725. The van der Waals surface area contributed by atoms with E-state index in [4.69, 9.17) is 37.9 Å². The Balaban J connectivity index is 1.37. The van der Waals surface area contributed by atoms with Crippen molar-refractivity contribution in [3.63, 3.8) is 0 Å². The monoisotopic (exact) mass is 1420 g/mol. The van der Waals surface area contributed by atoms with E-state index < -0.39 is 23.9 Å². The van der Waals surface area contributed by atoms with Gasteiger partial charge < -0.3 is 37.9 Å². The Morgan fingerprint density at radius 2 is 0.481 bits per heavy atom. The van der Waals surface area contributed by atoms with E-state index in [2.05, 4.69) is 128 Å². The molecule has 0 radical (unpaired) electrons. The normalized spacial score (nSPS) is 11.4. The fraction of sp³-hybridized carbons (Fsp3) is 0.522. The molecule has 0 aliphatic carbocycles. The van der Waals surface area contributed by atoms with E-state index in [0.717, 1.165) is 258 Å². The zero-order valence-corrected chi connectivity index (χ0v) is 64.6. The van der Waals surface area contributed by atoms with Crippen molar-refractivity contribution in [2.75, 3.05) is 52.9 Å². The van der Waals surface area contributed by atoms with E-state index in [1.165, 1.54) is 0 Å². The molecule has 562 valence electrons. The zero-order chi connectivity index (χ0) is 73.7. The van der Waals surface area contributed by atoms with Gasteiger partial charge in [0.25, 0.3) is 0 Å². The molecular weight excluding hydrogens is 1300 g/mol. The molecular formula is C92H122O12. The van der Waals surface area contributed by atoms with Crippen LogP contribution >= 0.6 is 0 Å². The summed E-state index contributed by atoms with van der Waals surface area (Å²) in [7, 11) is 0. The van der Waals surface area contributed by atoms with Crippen LogP contribution < -0.4 is 18.9 Å². The van der Waals surface area contributed by atoms with Crippen LogP contribution in [0.15, 0.2) is 109 Å². The number of rotatable bonds is 51. The van der Waals surface area contributed by atoms with E-state index >= 15 is 9.59 Å². The third-order valence-electron chi connectivity index (χ3n) is 19.8. The predicted molar refractivity (Wildman–Crippen MR) is 429 cm³/mol. The maximum atomic E-state index is 15.3. The highest BCUT2D eigenvalue weighted by Gasteiger charge is 2.31. The summed E-state index contributed by atoms with van der Waals surface area (Å²) in [5, 5.41) is 6.61. The molecule has 0 N–H and O–H groups in total. The van der Waals surface area contributed by atoms with Gasteiger partial charge in [0.15, 0.2) is 0 Å². The Morgan fingerprint density at radius 1 is 0.231 bits per heavy atom. The maximum Gasteiger partial charge on any atom is 0.341 e. The number of fused-ring (bicyclic) bond motifs is 4. The Kier molecular flexibility index (Phi) is 35.5. The first-order valence-electron chi connectivity index (χ1n) is 40.6. The van der Waals surface area contributed by atoms with Gasteiger partial charge in [0.2, 0.25) is 0 Å². The number of benzene rings is 8. The van der Waals surface area contributed by atoms with Crippen molar-refractivity contribution in [2.24, 2.45) is 0 Å². The smallest absolute Gasteiger partial charge is 0.341 e. The van der Waals surface area contributed by atoms with Gasteiger partial charge in [-0.15, -0.1) is 0 Å².